The summed E-state index contributed by atoms with van der Waals surface area (Å²) in [7, 11) is 0. The van der Waals surface area contributed by atoms with Crippen molar-refractivity contribution in [2.45, 2.75) is 6.54 Å². The summed E-state index contributed by atoms with van der Waals surface area (Å²) in [4.78, 5) is 0. The molecule has 3 rings (SSSR count). The third-order valence-electron chi connectivity index (χ3n) is 3.12. The van der Waals surface area contributed by atoms with Gasteiger partial charge in [-0.25, -0.2) is 8.78 Å². The van der Waals surface area contributed by atoms with Crippen LogP contribution in [0, 0.1) is 11.6 Å². The first kappa shape index (κ1) is 13.9. The number of nitrogens with one attached hydrogen (secondary N) is 1. The molecule has 2 aromatic carbocycles. The standard InChI is InChI=1S/C15H12ClF2NO2/c16-11-6-14-15(21-4-3-20-14)7-13(11)19-8-9-1-2-10(17)5-12(9)18/h1-2,5-7,19H,3-4,8H2. The van der Waals surface area contributed by atoms with E-state index >= 15 is 0 Å². The van der Waals surface area contributed by atoms with Crippen LogP contribution in [0.2, 0.25) is 5.02 Å². The van der Waals surface area contributed by atoms with Gasteiger partial charge in [-0.05, 0) is 6.07 Å². The Kier molecular flexibility index (Phi) is 3.84. The summed E-state index contributed by atoms with van der Waals surface area (Å²) in [6, 6.07) is 6.81. The van der Waals surface area contributed by atoms with Crippen LogP contribution in [-0.4, -0.2) is 13.2 Å². The van der Waals surface area contributed by atoms with Crippen LogP contribution in [0.5, 0.6) is 11.5 Å². The maximum Gasteiger partial charge on any atom is 0.163 e. The van der Waals surface area contributed by atoms with Crippen LogP contribution in [-0.2, 0) is 6.54 Å². The second-order valence-corrected chi connectivity index (χ2v) is 4.97. The molecule has 0 aliphatic carbocycles. The summed E-state index contributed by atoms with van der Waals surface area (Å²) >= 11 is 6.14. The topological polar surface area (TPSA) is 30.5 Å². The van der Waals surface area contributed by atoms with Crippen LogP contribution in [0.25, 0.3) is 0 Å². The van der Waals surface area contributed by atoms with E-state index in [0.29, 0.717) is 41.0 Å². The Labute approximate surface area is 125 Å². The van der Waals surface area contributed by atoms with Gasteiger partial charge in [0.1, 0.15) is 24.8 Å². The maximum atomic E-state index is 13.6. The molecule has 0 radical (unpaired) electrons. The lowest BCUT2D eigenvalue weighted by Gasteiger charge is -2.20. The molecule has 1 aliphatic heterocycles. The molecule has 0 amide bonds. The second kappa shape index (κ2) is 5.77. The minimum Gasteiger partial charge on any atom is -0.486 e. The summed E-state index contributed by atoms with van der Waals surface area (Å²) in [6.07, 6.45) is 0. The molecular formula is C15H12ClF2NO2. The second-order valence-electron chi connectivity index (χ2n) is 4.56. The van der Waals surface area contributed by atoms with Crippen molar-refractivity contribution in [3.05, 3.63) is 52.6 Å². The number of hydrogen-bond acceptors (Lipinski definition) is 3. The van der Waals surface area contributed by atoms with Gasteiger partial charge in [0, 0.05) is 30.3 Å². The first-order chi connectivity index (χ1) is 10.1. The average molecular weight is 312 g/mol. The van der Waals surface area contributed by atoms with Crippen molar-refractivity contribution in [3.8, 4) is 11.5 Å². The van der Waals surface area contributed by atoms with E-state index in [-0.39, 0.29) is 6.54 Å². The lowest BCUT2D eigenvalue weighted by molar-refractivity contribution is 0.171. The zero-order valence-corrected chi connectivity index (χ0v) is 11.7. The maximum absolute atomic E-state index is 13.6. The van der Waals surface area contributed by atoms with Crippen LogP contribution in [0.4, 0.5) is 14.5 Å². The molecule has 0 spiro atoms. The number of hydrogen-bond donors (Lipinski definition) is 1. The van der Waals surface area contributed by atoms with Gasteiger partial charge in [-0.1, -0.05) is 17.7 Å². The highest BCUT2D eigenvalue weighted by molar-refractivity contribution is 6.33. The van der Waals surface area contributed by atoms with Crippen molar-refractivity contribution in [1.29, 1.82) is 0 Å². The molecule has 6 heteroatoms. The van der Waals surface area contributed by atoms with E-state index in [1.54, 1.807) is 12.1 Å². The summed E-state index contributed by atoms with van der Waals surface area (Å²) in [6.45, 7) is 1.14. The average Bonchev–Trinajstić information content (AvgIpc) is 2.46. The number of anilines is 1. The third kappa shape index (κ3) is 3.03. The molecule has 1 aliphatic rings. The van der Waals surface area contributed by atoms with Crippen LogP contribution >= 0.6 is 11.6 Å². The SMILES string of the molecule is Fc1ccc(CNc2cc3c(cc2Cl)OCCO3)c(F)c1. The van der Waals surface area contributed by atoms with E-state index in [2.05, 4.69) is 5.32 Å². The molecule has 0 fully saturated rings. The van der Waals surface area contributed by atoms with Crippen molar-refractivity contribution >= 4 is 17.3 Å². The van der Waals surface area contributed by atoms with Crippen LogP contribution in [0.1, 0.15) is 5.56 Å². The monoisotopic (exact) mass is 311 g/mol. The highest BCUT2D eigenvalue weighted by atomic mass is 35.5. The molecule has 0 unspecified atom stereocenters. The van der Waals surface area contributed by atoms with Crippen molar-refractivity contribution in [1.82, 2.24) is 0 Å². The molecular weight excluding hydrogens is 300 g/mol. The first-order valence-electron chi connectivity index (χ1n) is 6.40. The van der Waals surface area contributed by atoms with E-state index < -0.39 is 11.6 Å². The van der Waals surface area contributed by atoms with E-state index in [1.165, 1.54) is 12.1 Å². The van der Waals surface area contributed by atoms with E-state index in [9.17, 15) is 8.78 Å². The summed E-state index contributed by atoms with van der Waals surface area (Å²) < 4.78 is 37.3. The number of halogens is 3. The van der Waals surface area contributed by atoms with Crippen LogP contribution < -0.4 is 14.8 Å². The lowest BCUT2D eigenvalue weighted by Crippen LogP contribution is -2.15. The van der Waals surface area contributed by atoms with E-state index in [4.69, 9.17) is 21.1 Å². The molecule has 0 aromatic heterocycles. The number of fused-ring (bicyclic) bond motifs is 1. The van der Waals surface area contributed by atoms with Crippen molar-refractivity contribution < 1.29 is 18.3 Å². The third-order valence-corrected chi connectivity index (χ3v) is 3.43. The predicted octanol–water partition coefficient (Wildman–Crippen LogP) is 4.00. The molecule has 110 valence electrons. The fraction of sp³-hybridized carbons (Fsp3) is 0.200. The van der Waals surface area contributed by atoms with Crippen LogP contribution in [0.15, 0.2) is 30.3 Å². The molecule has 1 heterocycles. The largest absolute Gasteiger partial charge is 0.486 e. The normalized spacial score (nSPS) is 13.1. The van der Waals surface area contributed by atoms with Gasteiger partial charge < -0.3 is 14.8 Å². The Morgan fingerprint density at radius 1 is 1.05 bits per heavy atom. The summed E-state index contributed by atoms with van der Waals surface area (Å²) in [5.74, 6) is -0.0257. The summed E-state index contributed by atoms with van der Waals surface area (Å²) in [5, 5.41) is 3.46. The molecule has 0 atom stereocenters. The number of rotatable bonds is 3. The Hall–Kier alpha value is -2.01. The Bertz CT molecular complexity index is 679. The van der Waals surface area contributed by atoms with Crippen molar-refractivity contribution in [2.75, 3.05) is 18.5 Å². The minimum atomic E-state index is -0.603. The summed E-state index contributed by atoms with van der Waals surface area (Å²) in [5.41, 5.74) is 0.951. The molecule has 0 saturated heterocycles. The smallest absolute Gasteiger partial charge is 0.163 e. The Balaban J connectivity index is 1.78. The highest BCUT2D eigenvalue weighted by Gasteiger charge is 2.15. The molecule has 2 aromatic rings. The zero-order chi connectivity index (χ0) is 14.8. The van der Waals surface area contributed by atoms with Gasteiger partial charge in [0.05, 0.1) is 10.7 Å². The van der Waals surface area contributed by atoms with Gasteiger partial charge in [0.2, 0.25) is 0 Å². The van der Waals surface area contributed by atoms with E-state index in [0.717, 1.165) is 6.07 Å². The van der Waals surface area contributed by atoms with Gasteiger partial charge in [-0.15, -0.1) is 0 Å². The Morgan fingerprint density at radius 3 is 2.48 bits per heavy atom. The van der Waals surface area contributed by atoms with Gasteiger partial charge in [0.15, 0.2) is 11.5 Å². The number of ether oxygens (including phenoxy) is 2. The number of benzene rings is 2. The fourth-order valence-corrected chi connectivity index (χ4v) is 2.28. The van der Waals surface area contributed by atoms with Crippen LogP contribution in [0.3, 0.4) is 0 Å². The quantitative estimate of drug-likeness (QED) is 0.929. The van der Waals surface area contributed by atoms with Gasteiger partial charge in [0.25, 0.3) is 0 Å². The zero-order valence-electron chi connectivity index (χ0n) is 11.0. The fourth-order valence-electron chi connectivity index (χ4n) is 2.05. The predicted molar refractivity (Wildman–Crippen MR) is 76.1 cm³/mol. The van der Waals surface area contributed by atoms with Gasteiger partial charge in [-0.2, -0.15) is 0 Å². The van der Waals surface area contributed by atoms with E-state index in [1.807, 2.05) is 0 Å². The van der Waals surface area contributed by atoms with Crippen molar-refractivity contribution in [3.63, 3.8) is 0 Å². The Morgan fingerprint density at radius 2 is 1.76 bits per heavy atom. The molecule has 3 nitrogen and oxygen atoms in total. The molecule has 0 bridgehead atoms. The van der Waals surface area contributed by atoms with Gasteiger partial charge >= 0.3 is 0 Å². The lowest BCUT2D eigenvalue weighted by atomic mass is 10.2. The minimum absolute atomic E-state index is 0.186. The first-order valence-corrected chi connectivity index (χ1v) is 6.78. The van der Waals surface area contributed by atoms with Gasteiger partial charge in [-0.3, -0.25) is 0 Å². The molecule has 0 saturated carbocycles. The molecule has 1 N–H and O–H groups in total. The highest BCUT2D eigenvalue weighted by Crippen LogP contribution is 2.38. The molecule has 21 heavy (non-hydrogen) atoms. The van der Waals surface area contributed by atoms with Crippen molar-refractivity contribution in [2.24, 2.45) is 0 Å².